The van der Waals surface area contributed by atoms with Crippen molar-refractivity contribution in [3.05, 3.63) is 52.8 Å². The van der Waals surface area contributed by atoms with Gasteiger partial charge in [0, 0.05) is 11.6 Å². The van der Waals surface area contributed by atoms with Crippen LogP contribution in [0.2, 0.25) is 0 Å². The quantitative estimate of drug-likeness (QED) is 0.397. The van der Waals surface area contributed by atoms with Gasteiger partial charge in [-0.25, -0.2) is 4.79 Å². The molecule has 7 heteroatoms. The Bertz CT molecular complexity index is 962. The highest BCUT2D eigenvalue weighted by Crippen LogP contribution is 2.27. The van der Waals surface area contributed by atoms with Crippen molar-refractivity contribution in [1.29, 1.82) is 5.26 Å². The summed E-state index contributed by atoms with van der Waals surface area (Å²) in [6.45, 7) is 1.81. The molecule has 1 aliphatic rings. The van der Waals surface area contributed by atoms with E-state index in [1.54, 1.807) is 43.3 Å². The predicted octanol–water partition coefficient (Wildman–Crippen LogP) is 2.30. The molecule has 0 saturated heterocycles. The molecule has 0 saturated carbocycles. The van der Waals surface area contributed by atoms with Gasteiger partial charge in [0.2, 0.25) is 0 Å². The third-order valence-electron chi connectivity index (χ3n) is 3.55. The van der Waals surface area contributed by atoms with Gasteiger partial charge in [-0.3, -0.25) is 14.9 Å². The maximum atomic E-state index is 11.7. The zero-order chi connectivity index (χ0) is 18.0. The number of carbonyl (C=O) groups excluding carboxylic acids is 3. The minimum absolute atomic E-state index is 0.164. The summed E-state index contributed by atoms with van der Waals surface area (Å²) in [7, 11) is 0. The van der Waals surface area contributed by atoms with Crippen LogP contribution in [0, 0.1) is 11.3 Å². The average molecular weight is 336 g/mol. The van der Waals surface area contributed by atoms with Crippen LogP contribution in [0.25, 0.3) is 17.4 Å². The first-order chi connectivity index (χ1) is 12.0. The molecular weight excluding hydrogens is 324 g/mol. The number of nitriles is 1. The largest absolute Gasteiger partial charge is 0.462 e. The second-order valence-corrected chi connectivity index (χ2v) is 5.14. The molecule has 0 bridgehead atoms. The van der Waals surface area contributed by atoms with Crippen LogP contribution in [-0.2, 0) is 9.53 Å². The van der Waals surface area contributed by atoms with Gasteiger partial charge >= 0.3 is 5.97 Å². The van der Waals surface area contributed by atoms with Gasteiger partial charge in [-0.2, -0.15) is 5.26 Å². The summed E-state index contributed by atoms with van der Waals surface area (Å²) in [5.41, 5.74) is 1.01. The third-order valence-corrected chi connectivity index (χ3v) is 3.55. The summed E-state index contributed by atoms with van der Waals surface area (Å²) in [5.74, 6) is -0.885. The van der Waals surface area contributed by atoms with Crippen LogP contribution < -0.4 is 5.32 Å². The first-order valence-corrected chi connectivity index (χ1v) is 7.42. The Morgan fingerprint density at radius 2 is 2.00 bits per heavy atom. The van der Waals surface area contributed by atoms with Crippen LogP contribution >= 0.6 is 0 Å². The van der Waals surface area contributed by atoms with Crippen LogP contribution in [0.15, 0.2) is 40.3 Å². The van der Waals surface area contributed by atoms with E-state index in [4.69, 9.17) is 14.4 Å². The van der Waals surface area contributed by atoms with Crippen LogP contribution in [0.5, 0.6) is 0 Å². The molecule has 0 unspecified atom stereocenters. The number of esters is 1. The van der Waals surface area contributed by atoms with Gasteiger partial charge in [-0.15, -0.1) is 0 Å². The third kappa shape index (κ3) is 3.05. The van der Waals surface area contributed by atoms with E-state index in [1.807, 2.05) is 0 Å². The highest BCUT2D eigenvalue weighted by Gasteiger charge is 2.27. The molecule has 0 atom stereocenters. The second-order valence-electron chi connectivity index (χ2n) is 5.14. The van der Waals surface area contributed by atoms with Crippen molar-refractivity contribution in [1.82, 2.24) is 5.32 Å². The summed E-state index contributed by atoms with van der Waals surface area (Å²) in [4.78, 5) is 34.9. The van der Waals surface area contributed by atoms with Crippen molar-refractivity contribution in [2.24, 2.45) is 0 Å². The molecule has 0 fully saturated rings. The fourth-order valence-corrected chi connectivity index (χ4v) is 2.39. The Kier molecular flexibility index (Phi) is 4.18. The van der Waals surface area contributed by atoms with Gasteiger partial charge in [0.1, 0.15) is 23.2 Å². The number of rotatable bonds is 4. The van der Waals surface area contributed by atoms with E-state index in [2.05, 4.69) is 5.32 Å². The van der Waals surface area contributed by atoms with Gasteiger partial charge in [-0.1, -0.05) is 6.07 Å². The van der Waals surface area contributed by atoms with Crippen LogP contribution in [0.3, 0.4) is 0 Å². The first-order valence-electron chi connectivity index (χ1n) is 7.42. The molecule has 25 heavy (non-hydrogen) atoms. The molecule has 1 aromatic heterocycles. The lowest BCUT2D eigenvalue weighted by molar-refractivity contribution is -0.137. The van der Waals surface area contributed by atoms with E-state index in [9.17, 15) is 14.4 Å². The summed E-state index contributed by atoms with van der Waals surface area (Å²) in [6.07, 6.45) is 1.28. The van der Waals surface area contributed by atoms with Gasteiger partial charge in [0.05, 0.1) is 17.7 Å². The fourth-order valence-electron chi connectivity index (χ4n) is 2.39. The van der Waals surface area contributed by atoms with Crippen molar-refractivity contribution in [3.8, 4) is 17.4 Å². The fraction of sp³-hybridized carbons (Fsp3) is 0.111. The number of hydrogen-bond acceptors (Lipinski definition) is 6. The smallest absolute Gasteiger partial charge is 0.349 e. The molecule has 0 radical (unpaired) electrons. The standard InChI is InChI=1S/C18H12N2O5/c1-2-24-18(23)11(9-19)7-12-4-6-15(25-12)10-3-5-13-14(8-10)17(22)20-16(13)21/h3-8H,2H2,1H3,(H,20,21,22). The van der Waals surface area contributed by atoms with Crippen LogP contribution in [0.4, 0.5) is 0 Å². The Hall–Kier alpha value is -3.66. The Balaban J connectivity index is 1.91. The highest BCUT2D eigenvalue weighted by atomic mass is 16.5. The van der Waals surface area contributed by atoms with Crippen molar-refractivity contribution < 1.29 is 23.5 Å². The number of nitrogens with one attached hydrogen (secondary N) is 1. The number of ether oxygens (including phenoxy) is 1. The molecule has 2 aromatic rings. The van der Waals surface area contributed by atoms with Gasteiger partial charge in [0.15, 0.2) is 0 Å². The molecule has 0 spiro atoms. The van der Waals surface area contributed by atoms with Gasteiger partial charge in [0.25, 0.3) is 11.8 Å². The van der Waals surface area contributed by atoms with E-state index in [1.165, 1.54) is 6.08 Å². The molecule has 2 heterocycles. The summed E-state index contributed by atoms with van der Waals surface area (Å²) in [5, 5.41) is 11.2. The molecular formula is C18H12N2O5. The van der Waals surface area contributed by atoms with Crippen LogP contribution in [0.1, 0.15) is 33.4 Å². The van der Waals surface area contributed by atoms with E-state index in [0.29, 0.717) is 22.6 Å². The van der Waals surface area contributed by atoms with Crippen molar-refractivity contribution >= 4 is 23.9 Å². The lowest BCUT2D eigenvalue weighted by Crippen LogP contribution is -2.19. The van der Waals surface area contributed by atoms with Crippen molar-refractivity contribution in [3.63, 3.8) is 0 Å². The SMILES string of the molecule is CCOC(=O)C(C#N)=Cc1ccc(-c2ccc3c(c2)C(=O)NC3=O)o1. The molecule has 1 N–H and O–H groups in total. The number of furan rings is 1. The summed E-state index contributed by atoms with van der Waals surface area (Å²) >= 11 is 0. The number of nitrogens with zero attached hydrogens (tertiary/aromatic N) is 1. The number of imide groups is 1. The summed E-state index contributed by atoms with van der Waals surface area (Å²) in [6, 6.07) is 9.74. The average Bonchev–Trinajstić information content (AvgIpc) is 3.18. The lowest BCUT2D eigenvalue weighted by Gasteiger charge is -2.00. The maximum absolute atomic E-state index is 11.7. The number of amides is 2. The van der Waals surface area contributed by atoms with E-state index < -0.39 is 17.8 Å². The number of carbonyl (C=O) groups is 3. The molecule has 7 nitrogen and oxygen atoms in total. The van der Waals surface area contributed by atoms with E-state index in [0.717, 1.165) is 0 Å². The lowest BCUT2D eigenvalue weighted by atomic mass is 10.0. The maximum Gasteiger partial charge on any atom is 0.349 e. The first kappa shape index (κ1) is 16.2. The number of hydrogen-bond donors (Lipinski definition) is 1. The van der Waals surface area contributed by atoms with Crippen LogP contribution in [-0.4, -0.2) is 24.4 Å². The number of fused-ring (bicyclic) bond motifs is 1. The number of benzene rings is 1. The molecule has 3 rings (SSSR count). The monoisotopic (exact) mass is 336 g/mol. The normalized spacial score (nSPS) is 13.2. The molecule has 1 aromatic carbocycles. The predicted molar refractivity (Wildman–Crippen MR) is 86.2 cm³/mol. The molecule has 2 amide bonds. The molecule has 124 valence electrons. The van der Waals surface area contributed by atoms with E-state index in [-0.39, 0.29) is 17.7 Å². The Labute approximate surface area is 142 Å². The van der Waals surface area contributed by atoms with Gasteiger partial charge in [-0.05, 0) is 31.2 Å². The second kappa shape index (κ2) is 6.45. The van der Waals surface area contributed by atoms with Crippen molar-refractivity contribution in [2.45, 2.75) is 6.92 Å². The zero-order valence-corrected chi connectivity index (χ0v) is 13.2. The Morgan fingerprint density at radius 3 is 2.72 bits per heavy atom. The molecule has 1 aliphatic heterocycles. The van der Waals surface area contributed by atoms with Gasteiger partial charge < -0.3 is 9.15 Å². The minimum atomic E-state index is -0.726. The topological polar surface area (TPSA) is 109 Å². The van der Waals surface area contributed by atoms with Crippen molar-refractivity contribution in [2.75, 3.05) is 6.61 Å². The van der Waals surface area contributed by atoms with E-state index >= 15 is 0 Å². The summed E-state index contributed by atoms with van der Waals surface area (Å²) < 4.78 is 10.4. The highest BCUT2D eigenvalue weighted by molar-refractivity contribution is 6.21. The zero-order valence-electron chi connectivity index (χ0n) is 13.2. The molecule has 0 aliphatic carbocycles. The Morgan fingerprint density at radius 1 is 1.24 bits per heavy atom. The minimum Gasteiger partial charge on any atom is -0.462 e.